The fourth-order valence-corrected chi connectivity index (χ4v) is 1.72. The van der Waals surface area contributed by atoms with Gasteiger partial charge in [-0.3, -0.25) is 0 Å². The maximum Gasteiger partial charge on any atom is 0.227 e. The van der Waals surface area contributed by atoms with Crippen molar-refractivity contribution in [3.05, 3.63) is 41.2 Å². The van der Waals surface area contributed by atoms with Gasteiger partial charge in [-0.1, -0.05) is 13.0 Å². The highest BCUT2D eigenvalue weighted by Crippen LogP contribution is 2.27. The summed E-state index contributed by atoms with van der Waals surface area (Å²) in [7, 11) is 0. The van der Waals surface area contributed by atoms with Crippen LogP contribution < -0.4 is 10.5 Å². The Morgan fingerprint density at radius 1 is 1.17 bits per heavy atom. The van der Waals surface area contributed by atoms with Crippen LogP contribution in [0.3, 0.4) is 0 Å². The van der Waals surface area contributed by atoms with Gasteiger partial charge in [-0.2, -0.15) is 0 Å². The fraction of sp³-hybridized carbons (Fsp3) is 0.286. The predicted octanol–water partition coefficient (Wildman–Crippen LogP) is 3.03. The van der Waals surface area contributed by atoms with Crippen LogP contribution in [0.1, 0.15) is 23.6 Å². The molecule has 0 amide bonds. The number of hydrogen-bond donors (Lipinski definition) is 1. The smallest absolute Gasteiger partial charge is 0.227 e. The Morgan fingerprint density at radius 3 is 2.61 bits per heavy atom. The average Bonchev–Trinajstić information content (AvgIpc) is 2.34. The predicted molar refractivity (Wildman–Crippen MR) is 71.8 cm³/mol. The molecule has 1 heterocycles. The molecule has 0 atom stereocenters. The molecule has 0 unspecified atom stereocenters. The van der Waals surface area contributed by atoms with E-state index < -0.39 is 0 Å². The van der Waals surface area contributed by atoms with Crippen molar-refractivity contribution in [3.8, 4) is 11.6 Å². The first-order chi connectivity index (χ1) is 8.61. The van der Waals surface area contributed by atoms with Gasteiger partial charge in [-0.25, -0.2) is 9.97 Å². The van der Waals surface area contributed by atoms with Crippen LogP contribution in [0.4, 0.5) is 5.82 Å². The number of nitrogens with two attached hydrogens (primary N) is 1. The van der Waals surface area contributed by atoms with E-state index in [4.69, 9.17) is 10.5 Å². The van der Waals surface area contributed by atoms with Gasteiger partial charge in [0.05, 0.1) is 5.56 Å². The first-order valence-corrected chi connectivity index (χ1v) is 5.96. The molecule has 0 aliphatic rings. The Kier molecular flexibility index (Phi) is 3.46. The van der Waals surface area contributed by atoms with E-state index in [1.807, 2.05) is 25.1 Å². The van der Waals surface area contributed by atoms with Gasteiger partial charge in [-0.05, 0) is 43.5 Å². The topological polar surface area (TPSA) is 61.0 Å². The molecule has 0 aliphatic carbocycles. The molecule has 2 aromatic rings. The Bertz CT molecular complexity index is 567. The van der Waals surface area contributed by atoms with E-state index in [-0.39, 0.29) is 0 Å². The molecule has 0 fully saturated rings. The van der Waals surface area contributed by atoms with Gasteiger partial charge in [0.25, 0.3) is 0 Å². The summed E-state index contributed by atoms with van der Waals surface area (Å²) >= 11 is 0. The zero-order chi connectivity index (χ0) is 13.1. The van der Waals surface area contributed by atoms with E-state index in [1.165, 1.54) is 17.5 Å². The third-order valence-electron chi connectivity index (χ3n) is 2.99. The normalized spacial score (nSPS) is 10.4. The van der Waals surface area contributed by atoms with E-state index in [0.717, 1.165) is 17.7 Å². The lowest BCUT2D eigenvalue weighted by Crippen LogP contribution is -2.01. The second-order valence-corrected chi connectivity index (χ2v) is 4.24. The molecule has 1 aromatic heterocycles. The Morgan fingerprint density at radius 2 is 1.94 bits per heavy atom. The first kappa shape index (κ1) is 12.4. The van der Waals surface area contributed by atoms with Crippen LogP contribution in [0, 0.1) is 13.8 Å². The number of hydrogen-bond acceptors (Lipinski definition) is 4. The number of nitrogen functional groups attached to an aromatic ring is 1. The zero-order valence-electron chi connectivity index (χ0n) is 10.9. The standard InChI is InChI=1S/C14H17N3O/c1-4-12-13(15)16-8-17-14(12)18-11-6-5-9(2)10(3)7-11/h5-8H,4H2,1-3H3,(H2,15,16,17). The monoisotopic (exact) mass is 243 g/mol. The van der Waals surface area contributed by atoms with Gasteiger partial charge in [0, 0.05) is 0 Å². The Hall–Kier alpha value is -2.10. The van der Waals surface area contributed by atoms with Gasteiger partial charge >= 0.3 is 0 Å². The lowest BCUT2D eigenvalue weighted by molar-refractivity contribution is 0.455. The fourth-order valence-electron chi connectivity index (χ4n) is 1.72. The van der Waals surface area contributed by atoms with E-state index in [1.54, 1.807) is 0 Å². The summed E-state index contributed by atoms with van der Waals surface area (Å²) in [4.78, 5) is 8.11. The quantitative estimate of drug-likeness (QED) is 0.900. The third-order valence-corrected chi connectivity index (χ3v) is 2.99. The minimum Gasteiger partial charge on any atom is -0.439 e. The number of nitrogens with zero attached hydrogens (tertiary/aromatic N) is 2. The van der Waals surface area contributed by atoms with Crippen molar-refractivity contribution in [2.75, 3.05) is 5.73 Å². The van der Waals surface area contributed by atoms with E-state index >= 15 is 0 Å². The number of aromatic nitrogens is 2. The highest BCUT2D eigenvalue weighted by atomic mass is 16.5. The second-order valence-electron chi connectivity index (χ2n) is 4.24. The molecular formula is C14H17N3O. The Balaban J connectivity index is 2.34. The second kappa shape index (κ2) is 5.04. The van der Waals surface area contributed by atoms with Crippen molar-refractivity contribution >= 4 is 5.82 Å². The molecule has 4 nitrogen and oxygen atoms in total. The number of rotatable bonds is 3. The molecule has 2 rings (SSSR count). The zero-order valence-corrected chi connectivity index (χ0v) is 10.9. The maximum atomic E-state index is 5.81. The number of aryl methyl sites for hydroxylation is 2. The minimum absolute atomic E-state index is 0.478. The van der Waals surface area contributed by atoms with Crippen LogP contribution in [0.25, 0.3) is 0 Å². The van der Waals surface area contributed by atoms with Crippen molar-refractivity contribution in [3.63, 3.8) is 0 Å². The summed E-state index contributed by atoms with van der Waals surface area (Å²) in [5.74, 6) is 1.78. The van der Waals surface area contributed by atoms with Crippen LogP contribution in [-0.2, 0) is 6.42 Å². The molecule has 4 heteroatoms. The van der Waals surface area contributed by atoms with Gasteiger partial charge < -0.3 is 10.5 Å². The molecule has 0 aliphatic heterocycles. The van der Waals surface area contributed by atoms with E-state index in [9.17, 15) is 0 Å². The molecule has 0 spiro atoms. The van der Waals surface area contributed by atoms with Gasteiger partial charge in [0.15, 0.2) is 0 Å². The molecule has 94 valence electrons. The van der Waals surface area contributed by atoms with Crippen molar-refractivity contribution in [1.29, 1.82) is 0 Å². The third kappa shape index (κ3) is 2.42. The molecule has 0 saturated heterocycles. The van der Waals surface area contributed by atoms with Crippen molar-refractivity contribution in [1.82, 2.24) is 9.97 Å². The van der Waals surface area contributed by atoms with Gasteiger partial charge in [-0.15, -0.1) is 0 Å². The Labute approximate surface area is 107 Å². The van der Waals surface area contributed by atoms with Crippen molar-refractivity contribution in [2.45, 2.75) is 27.2 Å². The molecule has 1 aromatic carbocycles. The van der Waals surface area contributed by atoms with E-state index in [2.05, 4.69) is 23.8 Å². The number of ether oxygens (including phenoxy) is 1. The van der Waals surface area contributed by atoms with Crippen LogP contribution >= 0.6 is 0 Å². The van der Waals surface area contributed by atoms with Gasteiger partial charge in [0.1, 0.15) is 17.9 Å². The summed E-state index contributed by atoms with van der Waals surface area (Å²) in [6.45, 7) is 6.12. The average molecular weight is 243 g/mol. The van der Waals surface area contributed by atoms with Crippen LogP contribution in [0.2, 0.25) is 0 Å². The molecule has 0 radical (unpaired) electrons. The lowest BCUT2D eigenvalue weighted by atomic mass is 10.1. The van der Waals surface area contributed by atoms with Crippen LogP contribution in [0.5, 0.6) is 11.6 Å². The summed E-state index contributed by atoms with van der Waals surface area (Å²) in [6.07, 6.45) is 2.16. The molecule has 18 heavy (non-hydrogen) atoms. The summed E-state index contributed by atoms with van der Waals surface area (Å²) in [5, 5.41) is 0. The summed E-state index contributed by atoms with van der Waals surface area (Å²) in [6, 6.07) is 5.95. The summed E-state index contributed by atoms with van der Waals surface area (Å²) in [5.41, 5.74) is 9.08. The molecule has 2 N–H and O–H groups in total. The van der Waals surface area contributed by atoms with Crippen molar-refractivity contribution in [2.24, 2.45) is 0 Å². The lowest BCUT2D eigenvalue weighted by Gasteiger charge is -2.11. The molecular weight excluding hydrogens is 226 g/mol. The highest BCUT2D eigenvalue weighted by molar-refractivity contribution is 5.46. The van der Waals surface area contributed by atoms with Crippen LogP contribution in [0.15, 0.2) is 24.5 Å². The molecule has 0 saturated carbocycles. The maximum absolute atomic E-state index is 5.81. The first-order valence-electron chi connectivity index (χ1n) is 5.96. The number of benzene rings is 1. The number of anilines is 1. The largest absolute Gasteiger partial charge is 0.439 e. The van der Waals surface area contributed by atoms with Crippen LogP contribution in [-0.4, -0.2) is 9.97 Å². The highest BCUT2D eigenvalue weighted by Gasteiger charge is 2.09. The SMILES string of the molecule is CCc1c(N)ncnc1Oc1ccc(C)c(C)c1. The summed E-state index contributed by atoms with van der Waals surface area (Å²) < 4.78 is 5.79. The van der Waals surface area contributed by atoms with Crippen molar-refractivity contribution < 1.29 is 4.74 Å². The minimum atomic E-state index is 0.478. The van der Waals surface area contributed by atoms with E-state index in [0.29, 0.717) is 11.7 Å². The molecule has 0 bridgehead atoms. The van der Waals surface area contributed by atoms with Gasteiger partial charge in [0.2, 0.25) is 5.88 Å².